The van der Waals surface area contributed by atoms with Crippen molar-refractivity contribution in [3.05, 3.63) is 65.6 Å². The first-order valence-corrected chi connectivity index (χ1v) is 13.1. The van der Waals surface area contributed by atoms with Crippen LogP contribution in [-0.2, 0) is 11.3 Å². The number of amides is 1. The molecule has 1 saturated heterocycles. The van der Waals surface area contributed by atoms with Gasteiger partial charge in [0.05, 0.1) is 12.6 Å². The monoisotopic (exact) mass is 488 g/mol. The summed E-state index contributed by atoms with van der Waals surface area (Å²) in [6.45, 7) is 8.47. The molecule has 1 aliphatic heterocycles. The van der Waals surface area contributed by atoms with Crippen LogP contribution in [0.1, 0.15) is 62.5 Å². The molecule has 9 heteroatoms. The minimum absolute atomic E-state index is 0.0396. The van der Waals surface area contributed by atoms with Crippen LogP contribution in [0, 0.1) is 5.92 Å². The SMILES string of the molecule is CC(C)C(=O)Nc1ccc(C(c2nnnn2Cc2ccccc2)N2CCCN(C3CCC3)CC2)cn1. The maximum Gasteiger partial charge on any atom is 0.228 e. The van der Waals surface area contributed by atoms with Crippen molar-refractivity contribution in [1.82, 2.24) is 35.0 Å². The van der Waals surface area contributed by atoms with Gasteiger partial charge in [-0.15, -0.1) is 5.10 Å². The van der Waals surface area contributed by atoms with Crippen molar-refractivity contribution in [2.24, 2.45) is 5.92 Å². The van der Waals surface area contributed by atoms with Crippen LogP contribution in [-0.4, -0.2) is 73.1 Å². The fourth-order valence-electron chi connectivity index (χ4n) is 5.04. The average Bonchev–Trinajstić information content (AvgIpc) is 3.16. The van der Waals surface area contributed by atoms with Gasteiger partial charge in [-0.05, 0) is 53.4 Å². The van der Waals surface area contributed by atoms with E-state index >= 15 is 0 Å². The molecule has 2 aliphatic rings. The molecule has 1 aliphatic carbocycles. The Balaban J connectivity index is 1.42. The van der Waals surface area contributed by atoms with Crippen LogP contribution in [0.3, 0.4) is 0 Å². The van der Waals surface area contributed by atoms with Gasteiger partial charge >= 0.3 is 0 Å². The topological polar surface area (TPSA) is 92.1 Å². The van der Waals surface area contributed by atoms with Crippen molar-refractivity contribution in [1.29, 1.82) is 0 Å². The highest BCUT2D eigenvalue weighted by Gasteiger charge is 2.32. The third-order valence-corrected chi connectivity index (χ3v) is 7.38. The van der Waals surface area contributed by atoms with Gasteiger partial charge in [0, 0.05) is 37.8 Å². The van der Waals surface area contributed by atoms with Gasteiger partial charge in [-0.25, -0.2) is 9.67 Å². The highest BCUT2D eigenvalue weighted by molar-refractivity contribution is 5.91. The number of nitrogens with one attached hydrogen (secondary N) is 1. The van der Waals surface area contributed by atoms with Crippen molar-refractivity contribution in [3.8, 4) is 0 Å². The Morgan fingerprint density at radius 3 is 2.56 bits per heavy atom. The molecule has 1 unspecified atom stereocenters. The Morgan fingerprint density at radius 1 is 1.03 bits per heavy atom. The molecular weight excluding hydrogens is 452 g/mol. The normalized spacial score (nSPS) is 18.5. The number of tetrazole rings is 1. The van der Waals surface area contributed by atoms with Crippen molar-refractivity contribution in [2.45, 2.75) is 58.2 Å². The number of hydrogen-bond donors (Lipinski definition) is 1. The van der Waals surface area contributed by atoms with E-state index in [1.165, 1.54) is 19.3 Å². The minimum atomic E-state index is -0.118. The molecule has 9 nitrogen and oxygen atoms in total. The number of aromatic nitrogens is 5. The first-order chi connectivity index (χ1) is 17.6. The van der Waals surface area contributed by atoms with Crippen LogP contribution in [0.5, 0.6) is 0 Å². The Bertz CT molecular complexity index is 1130. The smallest absolute Gasteiger partial charge is 0.228 e. The van der Waals surface area contributed by atoms with E-state index in [-0.39, 0.29) is 17.9 Å². The highest BCUT2D eigenvalue weighted by atomic mass is 16.1. The zero-order valence-electron chi connectivity index (χ0n) is 21.3. The quantitative estimate of drug-likeness (QED) is 0.520. The van der Waals surface area contributed by atoms with Gasteiger partial charge in [0.25, 0.3) is 0 Å². The van der Waals surface area contributed by atoms with Gasteiger partial charge < -0.3 is 5.32 Å². The lowest BCUT2D eigenvalue weighted by Gasteiger charge is -2.37. The van der Waals surface area contributed by atoms with Crippen molar-refractivity contribution < 1.29 is 4.79 Å². The fourth-order valence-corrected chi connectivity index (χ4v) is 5.04. The molecule has 1 N–H and O–H groups in total. The molecule has 2 aromatic heterocycles. The molecule has 0 bridgehead atoms. The number of benzene rings is 1. The molecule has 5 rings (SSSR count). The molecule has 1 atom stereocenters. The van der Waals surface area contributed by atoms with E-state index in [1.807, 2.05) is 55.1 Å². The van der Waals surface area contributed by atoms with Gasteiger partial charge in [0.2, 0.25) is 5.91 Å². The van der Waals surface area contributed by atoms with Crippen LogP contribution >= 0.6 is 0 Å². The molecule has 1 aromatic carbocycles. The van der Waals surface area contributed by atoms with Crippen LogP contribution in [0.2, 0.25) is 0 Å². The van der Waals surface area contributed by atoms with E-state index in [4.69, 9.17) is 0 Å². The molecule has 3 heterocycles. The van der Waals surface area contributed by atoms with Crippen molar-refractivity contribution in [3.63, 3.8) is 0 Å². The summed E-state index contributed by atoms with van der Waals surface area (Å²) in [5, 5.41) is 15.8. The lowest BCUT2D eigenvalue weighted by molar-refractivity contribution is -0.118. The molecular formula is C27H36N8O. The highest BCUT2D eigenvalue weighted by Crippen LogP contribution is 2.31. The Hall–Kier alpha value is -3.17. The number of hydrogen-bond acceptors (Lipinski definition) is 7. The summed E-state index contributed by atoms with van der Waals surface area (Å²) in [6, 6.07) is 14.8. The Kier molecular flexibility index (Phi) is 7.67. The maximum absolute atomic E-state index is 12.1. The lowest BCUT2D eigenvalue weighted by Crippen LogP contribution is -2.42. The van der Waals surface area contributed by atoms with E-state index in [0.717, 1.165) is 55.6 Å². The standard InChI is InChI=1S/C27H36N8O/c1-20(2)27(36)29-24-13-12-22(18-28-24)25(34-15-7-14-33(16-17-34)23-10-6-11-23)26-30-31-32-35(26)19-21-8-4-3-5-9-21/h3-5,8-9,12-13,18,20,23,25H,6-7,10-11,14-17,19H2,1-2H3,(H,28,29,36). The zero-order valence-corrected chi connectivity index (χ0v) is 21.3. The fraction of sp³-hybridized carbons (Fsp3) is 0.519. The summed E-state index contributed by atoms with van der Waals surface area (Å²) in [4.78, 5) is 21.9. The number of anilines is 1. The number of carbonyl (C=O) groups excluding carboxylic acids is 1. The van der Waals surface area contributed by atoms with Crippen LogP contribution in [0.15, 0.2) is 48.7 Å². The molecule has 1 saturated carbocycles. The van der Waals surface area contributed by atoms with Gasteiger partial charge in [0.15, 0.2) is 5.82 Å². The molecule has 3 aromatic rings. The van der Waals surface area contributed by atoms with Gasteiger partial charge in [-0.1, -0.05) is 56.7 Å². The molecule has 0 radical (unpaired) electrons. The molecule has 190 valence electrons. The van der Waals surface area contributed by atoms with E-state index in [9.17, 15) is 4.79 Å². The summed E-state index contributed by atoms with van der Waals surface area (Å²) < 4.78 is 1.91. The molecule has 1 amide bonds. The van der Waals surface area contributed by atoms with Crippen LogP contribution < -0.4 is 5.32 Å². The summed E-state index contributed by atoms with van der Waals surface area (Å²) in [6.07, 6.45) is 6.98. The number of nitrogens with zero attached hydrogens (tertiary/aromatic N) is 7. The Labute approximate surface area is 212 Å². The maximum atomic E-state index is 12.1. The van der Waals surface area contributed by atoms with Crippen LogP contribution in [0.4, 0.5) is 5.82 Å². The van der Waals surface area contributed by atoms with E-state index in [1.54, 1.807) is 0 Å². The number of pyridine rings is 1. The number of carbonyl (C=O) groups is 1. The van der Waals surface area contributed by atoms with Gasteiger partial charge in [-0.3, -0.25) is 14.6 Å². The van der Waals surface area contributed by atoms with E-state index in [2.05, 4.69) is 47.8 Å². The van der Waals surface area contributed by atoms with E-state index in [0.29, 0.717) is 12.4 Å². The van der Waals surface area contributed by atoms with Gasteiger partial charge in [0.1, 0.15) is 5.82 Å². The molecule has 2 fully saturated rings. The van der Waals surface area contributed by atoms with Crippen molar-refractivity contribution >= 4 is 11.7 Å². The first-order valence-electron chi connectivity index (χ1n) is 13.1. The predicted octanol–water partition coefficient (Wildman–Crippen LogP) is 3.36. The Morgan fingerprint density at radius 2 is 1.86 bits per heavy atom. The molecule has 36 heavy (non-hydrogen) atoms. The summed E-state index contributed by atoms with van der Waals surface area (Å²) >= 11 is 0. The van der Waals surface area contributed by atoms with Crippen LogP contribution in [0.25, 0.3) is 0 Å². The van der Waals surface area contributed by atoms with Gasteiger partial charge in [-0.2, -0.15) is 0 Å². The third kappa shape index (κ3) is 5.63. The van der Waals surface area contributed by atoms with E-state index < -0.39 is 0 Å². The summed E-state index contributed by atoms with van der Waals surface area (Å²) in [5.74, 6) is 1.24. The second-order valence-corrected chi connectivity index (χ2v) is 10.2. The largest absolute Gasteiger partial charge is 0.310 e. The second-order valence-electron chi connectivity index (χ2n) is 10.2. The summed E-state index contributed by atoms with van der Waals surface area (Å²) in [7, 11) is 0. The minimum Gasteiger partial charge on any atom is -0.310 e. The zero-order chi connectivity index (χ0) is 24.9. The lowest BCUT2D eigenvalue weighted by atomic mass is 9.91. The third-order valence-electron chi connectivity index (χ3n) is 7.38. The first kappa shape index (κ1) is 24.5. The second kappa shape index (κ2) is 11.3. The number of rotatable bonds is 8. The predicted molar refractivity (Wildman–Crippen MR) is 138 cm³/mol. The van der Waals surface area contributed by atoms with Crippen molar-refractivity contribution in [2.75, 3.05) is 31.5 Å². The summed E-state index contributed by atoms with van der Waals surface area (Å²) in [5.41, 5.74) is 2.18. The molecule has 0 spiro atoms. The average molecular weight is 489 g/mol.